The first kappa shape index (κ1) is 9.40. The zero-order chi connectivity index (χ0) is 10.3. The molecular formula is C10H10O3S. The van der Waals surface area contributed by atoms with Crippen LogP contribution in [0.2, 0.25) is 0 Å². The summed E-state index contributed by atoms with van der Waals surface area (Å²) >= 11 is 4.13. The first-order valence-corrected chi connectivity index (χ1v) is 4.77. The van der Waals surface area contributed by atoms with Gasteiger partial charge in [-0.05, 0) is 31.0 Å². The summed E-state index contributed by atoms with van der Waals surface area (Å²) in [4.78, 5) is 11.7. The van der Waals surface area contributed by atoms with E-state index in [2.05, 4.69) is 12.6 Å². The van der Waals surface area contributed by atoms with Gasteiger partial charge in [-0.2, -0.15) is 0 Å². The lowest BCUT2D eigenvalue weighted by atomic mass is 9.95. The van der Waals surface area contributed by atoms with E-state index in [-0.39, 0.29) is 5.75 Å². The summed E-state index contributed by atoms with van der Waals surface area (Å²) in [7, 11) is 0. The molecule has 0 spiro atoms. The van der Waals surface area contributed by atoms with E-state index in [1.165, 1.54) is 6.07 Å². The van der Waals surface area contributed by atoms with Crippen LogP contribution in [0.3, 0.4) is 0 Å². The van der Waals surface area contributed by atoms with Crippen LogP contribution in [-0.4, -0.2) is 16.2 Å². The molecule has 0 bridgehead atoms. The average Bonchev–Trinajstić information content (AvgIpc) is 2.90. The van der Waals surface area contributed by atoms with Crippen LogP contribution in [0.15, 0.2) is 23.1 Å². The van der Waals surface area contributed by atoms with Crippen LogP contribution < -0.4 is 0 Å². The maximum absolute atomic E-state index is 11.0. The zero-order valence-electron chi connectivity index (χ0n) is 7.40. The molecule has 4 heteroatoms. The van der Waals surface area contributed by atoms with Crippen LogP contribution in [-0.2, 0) is 10.2 Å². The molecule has 0 saturated heterocycles. The van der Waals surface area contributed by atoms with Crippen LogP contribution in [0, 0.1) is 0 Å². The van der Waals surface area contributed by atoms with Crippen molar-refractivity contribution >= 4 is 18.6 Å². The van der Waals surface area contributed by atoms with Crippen LogP contribution in [0.1, 0.15) is 18.4 Å². The van der Waals surface area contributed by atoms with Gasteiger partial charge in [-0.3, -0.25) is 4.79 Å². The molecule has 0 aliphatic heterocycles. The highest BCUT2D eigenvalue weighted by atomic mass is 32.1. The number of carboxylic acids is 1. The van der Waals surface area contributed by atoms with Gasteiger partial charge in [-0.15, -0.1) is 12.6 Å². The van der Waals surface area contributed by atoms with E-state index in [9.17, 15) is 9.90 Å². The van der Waals surface area contributed by atoms with Crippen molar-refractivity contribution in [1.82, 2.24) is 0 Å². The van der Waals surface area contributed by atoms with Crippen molar-refractivity contribution in [3.05, 3.63) is 23.8 Å². The molecule has 1 aromatic carbocycles. The number of hydrogen-bond donors (Lipinski definition) is 3. The quantitative estimate of drug-likeness (QED) is 0.652. The van der Waals surface area contributed by atoms with Crippen LogP contribution >= 0.6 is 12.6 Å². The van der Waals surface area contributed by atoms with Crippen molar-refractivity contribution in [2.75, 3.05) is 0 Å². The Bertz CT molecular complexity index is 396. The van der Waals surface area contributed by atoms with Crippen molar-refractivity contribution < 1.29 is 15.0 Å². The maximum Gasteiger partial charge on any atom is 0.314 e. The lowest BCUT2D eigenvalue weighted by Gasteiger charge is -2.12. The molecule has 3 nitrogen and oxygen atoms in total. The summed E-state index contributed by atoms with van der Waals surface area (Å²) in [5, 5.41) is 18.6. The van der Waals surface area contributed by atoms with Gasteiger partial charge in [0.05, 0.1) is 5.41 Å². The van der Waals surface area contributed by atoms with Crippen molar-refractivity contribution in [3.63, 3.8) is 0 Å². The lowest BCUT2D eigenvalue weighted by Crippen LogP contribution is -2.19. The molecule has 0 aromatic heterocycles. The minimum atomic E-state index is -0.869. The topological polar surface area (TPSA) is 57.5 Å². The highest BCUT2D eigenvalue weighted by Crippen LogP contribution is 2.51. The molecule has 14 heavy (non-hydrogen) atoms. The Morgan fingerprint density at radius 3 is 2.57 bits per heavy atom. The summed E-state index contributed by atoms with van der Waals surface area (Å²) in [6.45, 7) is 0. The monoisotopic (exact) mass is 210 g/mol. The van der Waals surface area contributed by atoms with Gasteiger partial charge in [0.2, 0.25) is 0 Å². The number of hydrogen-bond acceptors (Lipinski definition) is 3. The predicted octanol–water partition coefficient (Wildman–Crippen LogP) is 1.80. The SMILES string of the molecule is O=C(O)C1(c2cc(S)ccc2O)CC1. The molecule has 0 radical (unpaired) electrons. The third kappa shape index (κ3) is 1.26. The van der Waals surface area contributed by atoms with E-state index < -0.39 is 11.4 Å². The van der Waals surface area contributed by atoms with Crippen LogP contribution in [0.25, 0.3) is 0 Å². The number of rotatable bonds is 2. The molecule has 2 N–H and O–H groups in total. The molecule has 0 amide bonds. The molecule has 1 aromatic rings. The zero-order valence-corrected chi connectivity index (χ0v) is 8.29. The van der Waals surface area contributed by atoms with Gasteiger partial charge in [0.15, 0.2) is 0 Å². The summed E-state index contributed by atoms with van der Waals surface area (Å²) in [6, 6.07) is 4.75. The van der Waals surface area contributed by atoms with E-state index in [0.717, 1.165) is 0 Å². The Morgan fingerprint density at radius 1 is 1.43 bits per heavy atom. The van der Waals surface area contributed by atoms with Crippen molar-refractivity contribution in [3.8, 4) is 5.75 Å². The molecule has 2 rings (SSSR count). The predicted molar refractivity (Wildman–Crippen MR) is 53.9 cm³/mol. The van der Waals surface area contributed by atoms with E-state index in [0.29, 0.717) is 23.3 Å². The molecule has 0 atom stereocenters. The molecule has 1 aliphatic carbocycles. The fraction of sp³-hybridized carbons (Fsp3) is 0.300. The Hall–Kier alpha value is -1.16. The fourth-order valence-electron chi connectivity index (χ4n) is 1.63. The van der Waals surface area contributed by atoms with E-state index in [1.54, 1.807) is 12.1 Å². The molecule has 1 saturated carbocycles. The second kappa shape index (κ2) is 2.92. The summed E-state index contributed by atoms with van der Waals surface area (Å²) in [5.74, 6) is -0.825. The van der Waals surface area contributed by atoms with Gasteiger partial charge in [-0.1, -0.05) is 0 Å². The number of aliphatic carboxylic acids is 1. The van der Waals surface area contributed by atoms with Gasteiger partial charge in [0, 0.05) is 10.5 Å². The standard InChI is InChI=1S/C10H10O3S/c11-8-2-1-6(14)5-7(8)10(3-4-10)9(12)13/h1-2,5,11,14H,3-4H2,(H,12,13). The second-order valence-electron chi connectivity index (χ2n) is 3.59. The fourth-order valence-corrected chi connectivity index (χ4v) is 1.83. The Labute approximate surface area is 86.8 Å². The van der Waals surface area contributed by atoms with Crippen molar-refractivity contribution in [1.29, 1.82) is 0 Å². The normalized spacial score (nSPS) is 17.8. The van der Waals surface area contributed by atoms with Crippen molar-refractivity contribution in [2.45, 2.75) is 23.2 Å². The van der Waals surface area contributed by atoms with Crippen LogP contribution in [0.5, 0.6) is 5.75 Å². The Balaban J connectivity index is 2.51. The van der Waals surface area contributed by atoms with Gasteiger partial charge in [0.1, 0.15) is 5.75 Å². The van der Waals surface area contributed by atoms with Crippen molar-refractivity contribution in [2.24, 2.45) is 0 Å². The first-order chi connectivity index (χ1) is 6.56. The Morgan fingerprint density at radius 2 is 2.07 bits per heavy atom. The van der Waals surface area contributed by atoms with Gasteiger partial charge >= 0.3 is 5.97 Å². The van der Waals surface area contributed by atoms with Gasteiger partial charge in [0.25, 0.3) is 0 Å². The summed E-state index contributed by atoms with van der Waals surface area (Å²) in [5.41, 5.74) is -0.375. The highest BCUT2D eigenvalue weighted by molar-refractivity contribution is 7.80. The average molecular weight is 210 g/mol. The number of carbonyl (C=O) groups is 1. The maximum atomic E-state index is 11.0. The smallest absolute Gasteiger partial charge is 0.314 e. The van der Waals surface area contributed by atoms with E-state index in [1.807, 2.05) is 0 Å². The second-order valence-corrected chi connectivity index (χ2v) is 4.11. The number of carboxylic acid groups (broad SMARTS) is 1. The number of phenols is 1. The van der Waals surface area contributed by atoms with E-state index >= 15 is 0 Å². The molecule has 1 fully saturated rings. The summed E-state index contributed by atoms with van der Waals surface area (Å²) < 4.78 is 0. The molecule has 0 unspecified atom stereocenters. The molecule has 0 heterocycles. The minimum Gasteiger partial charge on any atom is -0.508 e. The molecule has 74 valence electrons. The van der Waals surface area contributed by atoms with Gasteiger partial charge < -0.3 is 10.2 Å². The third-order valence-electron chi connectivity index (χ3n) is 2.66. The highest BCUT2D eigenvalue weighted by Gasteiger charge is 2.53. The number of aromatic hydroxyl groups is 1. The number of phenolic OH excluding ortho intramolecular Hbond substituents is 1. The van der Waals surface area contributed by atoms with Crippen LogP contribution in [0.4, 0.5) is 0 Å². The number of thiol groups is 1. The lowest BCUT2D eigenvalue weighted by molar-refractivity contribution is -0.140. The Kier molecular flexibility index (Phi) is 1.96. The first-order valence-electron chi connectivity index (χ1n) is 4.32. The van der Waals surface area contributed by atoms with Gasteiger partial charge in [-0.25, -0.2) is 0 Å². The summed E-state index contributed by atoms with van der Waals surface area (Å²) in [6.07, 6.45) is 1.18. The molecular weight excluding hydrogens is 200 g/mol. The number of benzene rings is 1. The van der Waals surface area contributed by atoms with E-state index in [4.69, 9.17) is 5.11 Å². The molecule has 1 aliphatic rings. The third-order valence-corrected chi connectivity index (χ3v) is 2.93. The minimum absolute atomic E-state index is 0.0442. The largest absolute Gasteiger partial charge is 0.508 e.